The standard InChI is InChI=1S/C29H45N3O8Si/c1-9-12-19-20(17-31(28(37)39-16-11-3)14-13-30-27(36)38-15-10-2)24(26(34)35)32-23(19)22(25(32)33)21(29(4,5)6)18-40-41(7)8/h9-11,19,21-23,41H,1-3,12-18H2,4-8H3,(H,30,36)(H,34,35)/t19?,21-,22+,23-/m1/s1. The van der Waals surface area contributed by atoms with E-state index in [-0.39, 0.29) is 61.7 Å². The van der Waals surface area contributed by atoms with Gasteiger partial charge in [-0.3, -0.25) is 4.79 Å². The Morgan fingerprint density at radius 3 is 2.29 bits per heavy atom. The normalized spacial score (nSPS) is 20.6. The molecule has 1 fully saturated rings. The van der Waals surface area contributed by atoms with Gasteiger partial charge in [-0.05, 0) is 36.4 Å². The van der Waals surface area contributed by atoms with Crippen LogP contribution in [0, 0.1) is 23.2 Å². The van der Waals surface area contributed by atoms with Crippen molar-refractivity contribution >= 4 is 33.1 Å². The van der Waals surface area contributed by atoms with E-state index in [0.717, 1.165) is 0 Å². The summed E-state index contributed by atoms with van der Waals surface area (Å²) in [5, 5.41) is 12.8. The number of β-lactam (4-membered cyclic amide) rings is 1. The Morgan fingerprint density at radius 1 is 1.12 bits per heavy atom. The van der Waals surface area contributed by atoms with E-state index in [9.17, 15) is 24.3 Å². The Morgan fingerprint density at radius 2 is 1.76 bits per heavy atom. The van der Waals surface area contributed by atoms with Crippen LogP contribution in [0.3, 0.4) is 0 Å². The van der Waals surface area contributed by atoms with Crippen molar-refractivity contribution in [3.8, 4) is 0 Å². The van der Waals surface area contributed by atoms with E-state index in [1.165, 1.54) is 22.0 Å². The molecular formula is C29H45N3O8Si. The summed E-state index contributed by atoms with van der Waals surface area (Å²) in [5.74, 6) is -2.44. The lowest BCUT2D eigenvalue weighted by atomic mass is 9.64. The Balaban J connectivity index is 2.42. The average molecular weight is 592 g/mol. The molecule has 0 aliphatic carbocycles. The van der Waals surface area contributed by atoms with Gasteiger partial charge in [-0.25, -0.2) is 14.4 Å². The molecule has 2 rings (SSSR count). The molecule has 2 aliphatic rings. The molecular weight excluding hydrogens is 546 g/mol. The molecule has 41 heavy (non-hydrogen) atoms. The zero-order valence-corrected chi connectivity index (χ0v) is 26.0. The highest BCUT2D eigenvalue weighted by atomic mass is 28.3. The number of carboxylic acids is 1. The lowest BCUT2D eigenvalue weighted by Gasteiger charge is -2.52. The van der Waals surface area contributed by atoms with Crippen LogP contribution in [0.2, 0.25) is 13.1 Å². The monoisotopic (exact) mass is 591 g/mol. The summed E-state index contributed by atoms with van der Waals surface area (Å²) in [5.41, 5.74) is 0.0529. The SMILES string of the molecule is C=CCOC(=O)NCCN(CC1=C(C(=O)O)N2C(=O)[C@@H]([C@@H](CO[SiH](C)C)C(C)(C)C)[C@H]2C1CC=C)C(=O)OCC=C. The summed E-state index contributed by atoms with van der Waals surface area (Å²) in [7, 11) is -1.37. The summed E-state index contributed by atoms with van der Waals surface area (Å²) in [4.78, 5) is 53.8. The fraction of sp³-hybridized carbons (Fsp3) is 0.586. The largest absolute Gasteiger partial charge is 0.477 e. The van der Waals surface area contributed by atoms with Gasteiger partial charge in [-0.2, -0.15) is 0 Å². The van der Waals surface area contributed by atoms with E-state index in [2.05, 4.69) is 58.9 Å². The number of allylic oxidation sites excluding steroid dienone is 1. The number of rotatable bonds is 16. The molecule has 0 bridgehead atoms. The minimum absolute atomic E-state index is 0.00981. The summed E-state index contributed by atoms with van der Waals surface area (Å²) in [6.45, 7) is 21.6. The molecule has 2 aliphatic heterocycles. The lowest BCUT2D eigenvalue weighted by Crippen LogP contribution is -2.65. The Bertz CT molecular complexity index is 1050. The number of carbonyl (C=O) groups is 4. The molecule has 0 aromatic heterocycles. The second kappa shape index (κ2) is 15.0. The number of carboxylic acid groups (broad SMARTS) is 1. The van der Waals surface area contributed by atoms with Gasteiger partial charge >= 0.3 is 18.2 Å². The zero-order valence-electron chi connectivity index (χ0n) is 24.9. The number of aliphatic carboxylic acids is 1. The van der Waals surface area contributed by atoms with Crippen molar-refractivity contribution in [2.45, 2.75) is 46.3 Å². The fourth-order valence-corrected chi connectivity index (χ4v) is 5.98. The van der Waals surface area contributed by atoms with Crippen LogP contribution < -0.4 is 5.32 Å². The first-order valence-electron chi connectivity index (χ1n) is 13.9. The predicted molar refractivity (Wildman–Crippen MR) is 158 cm³/mol. The van der Waals surface area contributed by atoms with Crippen LogP contribution in [0.15, 0.2) is 49.2 Å². The van der Waals surface area contributed by atoms with Gasteiger partial charge in [0.2, 0.25) is 5.91 Å². The van der Waals surface area contributed by atoms with Gasteiger partial charge in [0, 0.05) is 32.2 Å². The van der Waals surface area contributed by atoms with Crippen LogP contribution in [0.25, 0.3) is 0 Å². The predicted octanol–water partition coefficient (Wildman–Crippen LogP) is 3.56. The maximum Gasteiger partial charge on any atom is 0.410 e. The molecule has 1 unspecified atom stereocenters. The summed E-state index contributed by atoms with van der Waals surface area (Å²) in [6, 6.07) is -0.402. The van der Waals surface area contributed by atoms with Gasteiger partial charge < -0.3 is 34.1 Å². The number of hydrogen-bond donors (Lipinski definition) is 2. The number of alkyl carbamates (subject to hydrolysis) is 1. The first-order chi connectivity index (χ1) is 19.3. The summed E-state index contributed by atoms with van der Waals surface area (Å²) >= 11 is 0. The van der Waals surface area contributed by atoms with E-state index in [4.69, 9.17) is 13.9 Å². The van der Waals surface area contributed by atoms with E-state index < -0.39 is 39.2 Å². The second-order valence-corrected chi connectivity index (χ2v) is 13.9. The molecule has 2 heterocycles. The van der Waals surface area contributed by atoms with Gasteiger partial charge in [0.05, 0.1) is 12.0 Å². The molecule has 2 N–H and O–H groups in total. The maximum atomic E-state index is 13.7. The van der Waals surface area contributed by atoms with Crippen molar-refractivity contribution in [3.63, 3.8) is 0 Å². The molecule has 0 aromatic rings. The topological polar surface area (TPSA) is 135 Å². The first-order valence-corrected chi connectivity index (χ1v) is 16.6. The second-order valence-electron chi connectivity index (χ2n) is 11.5. The molecule has 0 aromatic carbocycles. The van der Waals surface area contributed by atoms with Crippen molar-refractivity contribution in [2.75, 3.05) is 39.5 Å². The number of fused-ring (bicyclic) bond motifs is 1. The van der Waals surface area contributed by atoms with Crippen molar-refractivity contribution < 1.29 is 38.2 Å². The number of nitrogens with zero attached hydrogens (tertiary/aromatic N) is 2. The number of carbonyl (C=O) groups excluding carboxylic acids is 3. The molecule has 0 radical (unpaired) electrons. The van der Waals surface area contributed by atoms with Gasteiger partial charge in [-0.15, -0.1) is 6.58 Å². The third kappa shape index (κ3) is 8.32. The van der Waals surface area contributed by atoms with Crippen molar-refractivity contribution in [1.29, 1.82) is 0 Å². The van der Waals surface area contributed by atoms with Crippen LogP contribution in [0.4, 0.5) is 9.59 Å². The molecule has 228 valence electrons. The van der Waals surface area contributed by atoms with E-state index in [0.29, 0.717) is 18.6 Å². The summed E-state index contributed by atoms with van der Waals surface area (Å²) < 4.78 is 16.3. The number of hydrogen-bond acceptors (Lipinski definition) is 7. The first kappa shape index (κ1) is 33.8. The third-order valence-corrected chi connectivity index (χ3v) is 8.16. The fourth-order valence-electron chi connectivity index (χ4n) is 5.39. The molecule has 0 spiro atoms. The highest BCUT2D eigenvalue weighted by molar-refractivity contribution is 6.48. The average Bonchev–Trinajstić information content (AvgIpc) is 3.16. The Kier molecular flexibility index (Phi) is 12.4. The minimum atomic E-state index is -1.37. The molecule has 11 nitrogen and oxygen atoms in total. The van der Waals surface area contributed by atoms with Crippen LogP contribution in [0.5, 0.6) is 0 Å². The van der Waals surface area contributed by atoms with Gasteiger partial charge in [0.15, 0.2) is 9.04 Å². The van der Waals surface area contributed by atoms with Crippen molar-refractivity contribution in [2.24, 2.45) is 23.2 Å². The molecule has 1 saturated heterocycles. The number of nitrogens with one attached hydrogen (secondary N) is 1. The van der Waals surface area contributed by atoms with Gasteiger partial charge in [-0.1, -0.05) is 52.2 Å². The zero-order chi connectivity index (χ0) is 30.9. The highest BCUT2D eigenvalue weighted by Crippen LogP contribution is 2.53. The van der Waals surface area contributed by atoms with Crippen molar-refractivity contribution in [3.05, 3.63) is 49.2 Å². The minimum Gasteiger partial charge on any atom is -0.477 e. The quantitative estimate of drug-likeness (QED) is 0.158. The number of ether oxygens (including phenoxy) is 2. The van der Waals surface area contributed by atoms with Gasteiger partial charge in [0.25, 0.3) is 0 Å². The Hall–Kier alpha value is -3.38. The van der Waals surface area contributed by atoms with E-state index >= 15 is 0 Å². The van der Waals surface area contributed by atoms with Gasteiger partial charge in [0.1, 0.15) is 18.9 Å². The van der Waals surface area contributed by atoms with E-state index in [1.54, 1.807) is 6.08 Å². The molecule has 0 saturated carbocycles. The third-order valence-electron chi connectivity index (χ3n) is 7.30. The van der Waals surface area contributed by atoms with Crippen LogP contribution in [0.1, 0.15) is 27.2 Å². The van der Waals surface area contributed by atoms with Crippen LogP contribution in [-0.2, 0) is 23.5 Å². The lowest BCUT2D eigenvalue weighted by molar-refractivity contribution is -0.165. The smallest absolute Gasteiger partial charge is 0.410 e. The van der Waals surface area contributed by atoms with Crippen LogP contribution >= 0.6 is 0 Å². The molecule has 12 heteroatoms. The van der Waals surface area contributed by atoms with Crippen LogP contribution in [-0.4, -0.2) is 93.5 Å². The van der Waals surface area contributed by atoms with E-state index in [1.807, 2.05) is 0 Å². The Labute approximate surface area is 244 Å². The highest BCUT2D eigenvalue weighted by Gasteiger charge is 2.62. The summed E-state index contributed by atoms with van der Waals surface area (Å²) in [6.07, 6.45) is 3.57. The number of amides is 3. The van der Waals surface area contributed by atoms with Crippen molar-refractivity contribution in [1.82, 2.24) is 15.1 Å². The molecule has 3 amide bonds. The maximum absolute atomic E-state index is 13.7. The molecule has 4 atom stereocenters.